The molecule has 29 heavy (non-hydrogen) atoms. The average molecular weight is 476 g/mol. The summed E-state index contributed by atoms with van der Waals surface area (Å²) in [5.74, 6) is -0.503. The fraction of sp³-hybridized carbons (Fsp3) is 0.286. The van der Waals surface area contributed by atoms with Gasteiger partial charge >= 0.3 is 0 Å². The van der Waals surface area contributed by atoms with Gasteiger partial charge in [0, 0.05) is 30.8 Å². The summed E-state index contributed by atoms with van der Waals surface area (Å²) in [6.07, 6.45) is 3.95. The highest BCUT2D eigenvalue weighted by molar-refractivity contribution is 9.10. The van der Waals surface area contributed by atoms with Gasteiger partial charge in [0.25, 0.3) is 11.5 Å². The molecule has 0 saturated carbocycles. The highest BCUT2D eigenvalue weighted by atomic mass is 79.9. The highest BCUT2D eigenvalue weighted by Crippen LogP contribution is 2.11. The normalized spacial score (nSPS) is 12.4. The lowest BCUT2D eigenvalue weighted by Crippen LogP contribution is -2.35. The molecule has 0 aliphatic carbocycles. The summed E-state index contributed by atoms with van der Waals surface area (Å²) in [7, 11) is 0. The summed E-state index contributed by atoms with van der Waals surface area (Å²) >= 11 is 4.53. The van der Waals surface area contributed by atoms with E-state index < -0.39 is 5.91 Å². The van der Waals surface area contributed by atoms with Gasteiger partial charge in [0.2, 0.25) is 0 Å². The van der Waals surface area contributed by atoms with E-state index in [0.717, 1.165) is 21.4 Å². The predicted molar refractivity (Wildman–Crippen MR) is 119 cm³/mol. The van der Waals surface area contributed by atoms with Crippen molar-refractivity contribution < 1.29 is 9.53 Å². The van der Waals surface area contributed by atoms with E-state index >= 15 is 0 Å². The maximum Gasteiger partial charge on any atom is 0.269 e. The number of thiazole rings is 1. The molecule has 0 bridgehead atoms. The minimum Gasteiger partial charge on any atom is -0.382 e. The summed E-state index contributed by atoms with van der Waals surface area (Å²) in [4.78, 5) is 25.4. The number of carbonyl (C=O) groups is 1. The van der Waals surface area contributed by atoms with Crippen molar-refractivity contribution in [1.29, 1.82) is 5.26 Å². The molecule has 0 atom stereocenters. The minimum absolute atomic E-state index is 0.0840. The second kappa shape index (κ2) is 11.5. The molecule has 0 spiro atoms. The van der Waals surface area contributed by atoms with Gasteiger partial charge in [0.05, 0.1) is 4.53 Å². The monoisotopic (exact) mass is 475 g/mol. The van der Waals surface area contributed by atoms with Gasteiger partial charge in [-0.3, -0.25) is 14.2 Å². The van der Waals surface area contributed by atoms with Gasteiger partial charge in [0.1, 0.15) is 10.7 Å². The molecule has 1 N–H and O–H groups in total. The van der Waals surface area contributed by atoms with Crippen molar-refractivity contribution in [3.63, 3.8) is 0 Å². The molecule has 0 radical (unpaired) electrons. The summed E-state index contributed by atoms with van der Waals surface area (Å²) in [5.41, 5.74) is 0.495. The van der Waals surface area contributed by atoms with E-state index in [1.807, 2.05) is 37.3 Å². The van der Waals surface area contributed by atoms with Gasteiger partial charge in [-0.25, -0.2) is 0 Å². The van der Waals surface area contributed by atoms with E-state index in [2.05, 4.69) is 27.8 Å². The van der Waals surface area contributed by atoms with E-state index in [-0.39, 0.29) is 17.7 Å². The molecular weight excluding hydrogens is 454 g/mol. The van der Waals surface area contributed by atoms with Crippen LogP contribution in [-0.4, -0.2) is 30.2 Å². The molecule has 0 aliphatic heterocycles. The number of nitriles is 1. The van der Waals surface area contributed by atoms with Crippen LogP contribution in [0, 0.1) is 11.3 Å². The SMILES string of the molecule is C=CCn1c(=O)/c(=C\c2cccc(Br)c2)s/c1=C(\C#N)C(=O)NCCCOCC. The number of benzene rings is 1. The van der Waals surface area contributed by atoms with E-state index in [1.54, 1.807) is 12.2 Å². The number of aromatic nitrogens is 1. The third-order valence-electron chi connectivity index (χ3n) is 3.87. The lowest BCUT2D eigenvalue weighted by atomic mass is 10.2. The molecule has 0 aliphatic rings. The third kappa shape index (κ3) is 6.26. The molecule has 2 aromatic rings. The van der Waals surface area contributed by atoms with Crippen LogP contribution in [0.1, 0.15) is 18.9 Å². The number of amides is 1. The zero-order valence-corrected chi connectivity index (χ0v) is 18.5. The standard InChI is InChI=1S/C21H22BrN3O3S/c1-3-10-25-20(27)18(13-15-7-5-8-16(22)12-15)29-21(25)17(14-23)19(26)24-9-6-11-28-4-2/h3,5,7-8,12-13H,1,4,6,9-11H2,2H3,(H,24,26)/b18-13+,21-17+. The third-order valence-corrected chi connectivity index (χ3v) is 5.50. The lowest BCUT2D eigenvalue weighted by molar-refractivity contribution is -0.115. The first-order valence-corrected chi connectivity index (χ1v) is 10.7. The molecule has 0 fully saturated rings. The Balaban J connectivity index is 2.48. The molecule has 0 saturated heterocycles. The summed E-state index contributed by atoms with van der Waals surface area (Å²) in [5, 5.41) is 12.3. The Morgan fingerprint density at radius 1 is 1.48 bits per heavy atom. The quantitative estimate of drug-likeness (QED) is 0.443. The number of hydrogen-bond acceptors (Lipinski definition) is 5. The van der Waals surface area contributed by atoms with Crippen LogP contribution >= 0.6 is 27.3 Å². The number of nitrogens with zero attached hydrogens (tertiary/aromatic N) is 2. The van der Waals surface area contributed by atoms with Gasteiger partial charge in [-0.05, 0) is 37.1 Å². The zero-order chi connectivity index (χ0) is 21.2. The summed E-state index contributed by atoms with van der Waals surface area (Å²) in [6.45, 7) is 7.32. The van der Waals surface area contributed by atoms with Crippen molar-refractivity contribution in [3.8, 4) is 6.07 Å². The Labute approximate surface area is 181 Å². The van der Waals surface area contributed by atoms with Crippen molar-refractivity contribution in [3.05, 3.63) is 66.5 Å². The van der Waals surface area contributed by atoms with Gasteiger partial charge in [0.15, 0.2) is 5.57 Å². The van der Waals surface area contributed by atoms with Crippen molar-refractivity contribution in [2.24, 2.45) is 0 Å². The Morgan fingerprint density at radius 2 is 2.28 bits per heavy atom. The van der Waals surface area contributed by atoms with Crippen molar-refractivity contribution in [2.75, 3.05) is 19.8 Å². The largest absolute Gasteiger partial charge is 0.382 e. The van der Waals surface area contributed by atoms with Crippen molar-refractivity contribution in [2.45, 2.75) is 19.9 Å². The van der Waals surface area contributed by atoms with Crippen LogP contribution in [0.5, 0.6) is 0 Å². The molecule has 0 unspecified atom stereocenters. The summed E-state index contributed by atoms with van der Waals surface area (Å²) < 4.78 is 8.29. The number of ether oxygens (including phenoxy) is 1. The Kier molecular flexibility index (Phi) is 9.06. The maximum absolute atomic E-state index is 12.9. The smallest absolute Gasteiger partial charge is 0.269 e. The van der Waals surface area contributed by atoms with Gasteiger partial charge in [-0.1, -0.05) is 34.1 Å². The minimum atomic E-state index is -0.503. The van der Waals surface area contributed by atoms with Crippen LogP contribution in [0.3, 0.4) is 0 Å². The second-order valence-electron chi connectivity index (χ2n) is 5.97. The van der Waals surface area contributed by atoms with Crippen LogP contribution in [0.15, 0.2) is 46.2 Å². The number of carbonyl (C=O) groups excluding carboxylic acids is 1. The van der Waals surface area contributed by atoms with Gasteiger partial charge in [-0.15, -0.1) is 17.9 Å². The van der Waals surface area contributed by atoms with Gasteiger partial charge in [-0.2, -0.15) is 5.26 Å². The van der Waals surface area contributed by atoms with Crippen LogP contribution in [-0.2, 0) is 16.1 Å². The number of allylic oxidation sites excluding steroid dienone is 1. The molecule has 1 aromatic carbocycles. The number of rotatable bonds is 9. The first-order chi connectivity index (χ1) is 14.0. The summed E-state index contributed by atoms with van der Waals surface area (Å²) in [6, 6.07) is 9.48. The lowest BCUT2D eigenvalue weighted by Gasteiger charge is -2.04. The van der Waals surface area contributed by atoms with E-state index in [4.69, 9.17) is 4.74 Å². The van der Waals surface area contributed by atoms with Gasteiger partial charge < -0.3 is 10.1 Å². The maximum atomic E-state index is 12.9. The van der Waals surface area contributed by atoms with Crippen molar-refractivity contribution in [1.82, 2.24) is 9.88 Å². The molecule has 1 aromatic heterocycles. The highest BCUT2D eigenvalue weighted by Gasteiger charge is 2.15. The zero-order valence-electron chi connectivity index (χ0n) is 16.1. The van der Waals surface area contributed by atoms with Crippen LogP contribution < -0.4 is 20.1 Å². The Bertz CT molecular complexity index is 1100. The molecule has 1 heterocycles. The molecule has 6 nitrogen and oxygen atoms in total. The van der Waals surface area contributed by atoms with E-state index in [9.17, 15) is 14.9 Å². The fourth-order valence-electron chi connectivity index (χ4n) is 2.55. The number of hydrogen-bond donors (Lipinski definition) is 1. The number of halogens is 1. The molecule has 2 rings (SSSR count). The first kappa shape index (κ1) is 22.8. The second-order valence-corrected chi connectivity index (χ2v) is 7.91. The van der Waals surface area contributed by atoms with E-state index in [0.29, 0.717) is 35.4 Å². The van der Waals surface area contributed by atoms with E-state index in [1.165, 1.54) is 4.57 Å². The average Bonchev–Trinajstić information content (AvgIpc) is 2.98. The predicted octanol–water partition coefficient (Wildman–Crippen LogP) is 1.90. The van der Waals surface area contributed by atoms with Crippen LogP contribution in [0.2, 0.25) is 0 Å². The van der Waals surface area contributed by atoms with Crippen molar-refractivity contribution >= 4 is 44.8 Å². The van der Waals surface area contributed by atoms with Crippen LogP contribution in [0.4, 0.5) is 0 Å². The molecule has 1 amide bonds. The first-order valence-electron chi connectivity index (χ1n) is 9.10. The Hall–Kier alpha value is -2.47. The Morgan fingerprint density at radius 3 is 2.93 bits per heavy atom. The molecular formula is C21H22BrN3O3S. The molecule has 152 valence electrons. The fourth-order valence-corrected chi connectivity index (χ4v) is 4.08. The van der Waals surface area contributed by atoms with Crippen LogP contribution in [0.25, 0.3) is 11.6 Å². The topological polar surface area (TPSA) is 84.1 Å². The molecule has 8 heteroatoms. The number of nitrogens with one attached hydrogen (secondary N) is 1.